The number of nitrogens with one attached hydrogen (secondary N) is 1. The molecular formula is C11H9ClF2N6O. The molecule has 0 saturated heterocycles. The minimum atomic E-state index is -2.51. The van der Waals surface area contributed by atoms with Crippen LogP contribution in [0.2, 0.25) is 5.28 Å². The molecule has 3 heterocycles. The Morgan fingerprint density at radius 3 is 3.00 bits per heavy atom. The Balaban J connectivity index is 1.97. The summed E-state index contributed by atoms with van der Waals surface area (Å²) < 4.78 is 25.8. The number of aromatic nitrogens is 4. The molecule has 0 saturated carbocycles. The minimum Gasteiger partial charge on any atom is -0.320 e. The smallest absolute Gasteiger partial charge is 0.257 e. The normalized spacial score (nSPS) is 14.3. The second-order valence-electron chi connectivity index (χ2n) is 4.32. The van der Waals surface area contributed by atoms with E-state index in [1.807, 2.05) is 0 Å². The number of anilines is 3. The van der Waals surface area contributed by atoms with Crippen LogP contribution in [0.4, 0.5) is 26.0 Å². The van der Waals surface area contributed by atoms with Gasteiger partial charge in [-0.2, -0.15) is 10.1 Å². The number of carbonyl (C=O) groups excluding carboxylic acids is 1. The maximum absolute atomic E-state index is 12.3. The fraction of sp³-hybridized carbons (Fsp3) is 0.273. The van der Waals surface area contributed by atoms with Crippen molar-refractivity contribution in [2.75, 3.05) is 16.8 Å². The molecule has 0 aromatic carbocycles. The quantitative estimate of drug-likeness (QED) is 0.872. The van der Waals surface area contributed by atoms with Crippen LogP contribution in [0.15, 0.2) is 18.6 Å². The van der Waals surface area contributed by atoms with Crippen molar-refractivity contribution >= 4 is 34.7 Å². The van der Waals surface area contributed by atoms with Gasteiger partial charge in [0.1, 0.15) is 18.8 Å². The zero-order chi connectivity index (χ0) is 15.0. The fourth-order valence-electron chi connectivity index (χ4n) is 2.00. The largest absolute Gasteiger partial charge is 0.320 e. The first-order chi connectivity index (χ1) is 10.0. The predicted molar refractivity (Wildman–Crippen MR) is 70.9 cm³/mol. The lowest BCUT2D eigenvalue weighted by atomic mass is 10.3. The van der Waals surface area contributed by atoms with E-state index >= 15 is 0 Å². The molecule has 0 bridgehead atoms. The Labute approximate surface area is 122 Å². The van der Waals surface area contributed by atoms with E-state index in [1.165, 1.54) is 23.5 Å². The second-order valence-corrected chi connectivity index (χ2v) is 4.66. The van der Waals surface area contributed by atoms with Gasteiger partial charge in [0.2, 0.25) is 11.2 Å². The molecule has 21 heavy (non-hydrogen) atoms. The van der Waals surface area contributed by atoms with Gasteiger partial charge < -0.3 is 10.2 Å². The van der Waals surface area contributed by atoms with Crippen LogP contribution in [-0.2, 0) is 11.3 Å². The molecule has 110 valence electrons. The fourth-order valence-corrected chi connectivity index (χ4v) is 2.13. The highest BCUT2D eigenvalue weighted by Gasteiger charge is 2.26. The highest BCUT2D eigenvalue weighted by atomic mass is 35.5. The van der Waals surface area contributed by atoms with Crippen LogP contribution >= 0.6 is 11.6 Å². The van der Waals surface area contributed by atoms with Gasteiger partial charge in [-0.25, -0.2) is 13.8 Å². The van der Waals surface area contributed by atoms with E-state index in [9.17, 15) is 13.6 Å². The topological polar surface area (TPSA) is 75.9 Å². The van der Waals surface area contributed by atoms with E-state index in [0.717, 1.165) is 4.68 Å². The number of hydrogen-bond donors (Lipinski definition) is 1. The molecule has 1 aliphatic heterocycles. The Hall–Kier alpha value is -2.29. The van der Waals surface area contributed by atoms with Crippen molar-refractivity contribution < 1.29 is 13.6 Å². The zero-order valence-electron chi connectivity index (χ0n) is 10.5. The van der Waals surface area contributed by atoms with Gasteiger partial charge in [-0.3, -0.25) is 9.48 Å². The third kappa shape index (κ3) is 2.77. The van der Waals surface area contributed by atoms with Crippen LogP contribution in [-0.4, -0.2) is 38.6 Å². The SMILES string of the molecule is O=C1CN(c2cnn(CC(F)F)c2)c2nc(Cl)ncc2N1. The number of halogens is 3. The Kier molecular flexibility index (Phi) is 3.42. The molecule has 0 unspecified atom stereocenters. The van der Waals surface area contributed by atoms with Crippen molar-refractivity contribution in [3.63, 3.8) is 0 Å². The summed E-state index contributed by atoms with van der Waals surface area (Å²) in [4.78, 5) is 21.1. The lowest BCUT2D eigenvalue weighted by Crippen LogP contribution is -2.35. The lowest BCUT2D eigenvalue weighted by Gasteiger charge is -2.28. The molecule has 7 nitrogen and oxygen atoms in total. The van der Waals surface area contributed by atoms with E-state index in [1.54, 1.807) is 0 Å². The van der Waals surface area contributed by atoms with Gasteiger partial charge in [-0.15, -0.1) is 0 Å². The molecule has 1 N–H and O–H groups in total. The summed E-state index contributed by atoms with van der Waals surface area (Å²) in [6, 6.07) is 0. The van der Waals surface area contributed by atoms with Gasteiger partial charge in [0.25, 0.3) is 6.43 Å². The summed E-state index contributed by atoms with van der Waals surface area (Å²) >= 11 is 5.76. The van der Waals surface area contributed by atoms with Crippen LogP contribution in [0.1, 0.15) is 0 Å². The first kappa shape index (κ1) is 13.7. The van der Waals surface area contributed by atoms with E-state index in [2.05, 4.69) is 20.4 Å². The van der Waals surface area contributed by atoms with Gasteiger partial charge in [-0.1, -0.05) is 0 Å². The van der Waals surface area contributed by atoms with Crippen molar-refractivity contribution in [3.05, 3.63) is 23.9 Å². The van der Waals surface area contributed by atoms with Crippen molar-refractivity contribution in [1.82, 2.24) is 19.7 Å². The molecule has 1 aliphatic rings. The molecule has 0 radical (unpaired) electrons. The minimum absolute atomic E-state index is 0.0132. The van der Waals surface area contributed by atoms with Gasteiger partial charge in [0.05, 0.1) is 18.1 Å². The lowest BCUT2D eigenvalue weighted by molar-refractivity contribution is -0.115. The van der Waals surface area contributed by atoms with Crippen molar-refractivity contribution in [1.29, 1.82) is 0 Å². The molecular weight excluding hydrogens is 306 g/mol. The van der Waals surface area contributed by atoms with E-state index in [4.69, 9.17) is 11.6 Å². The highest BCUT2D eigenvalue weighted by molar-refractivity contribution is 6.28. The molecule has 3 rings (SSSR count). The zero-order valence-corrected chi connectivity index (χ0v) is 11.3. The van der Waals surface area contributed by atoms with Crippen LogP contribution in [0.25, 0.3) is 0 Å². The van der Waals surface area contributed by atoms with Crippen LogP contribution < -0.4 is 10.2 Å². The molecule has 0 fully saturated rings. The van der Waals surface area contributed by atoms with E-state index in [0.29, 0.717) is 17.2 Å². The van der Waals surface area contributed by atoms with Crippen molar-refractivity contribution in [2.24, 2.45) is 0 Å². The van der Waals surface area contributed by atoms with Gasteiger partial charge in [0, 0.05) is 6.20 Å². The molecule has 2 aromatic rings. The summed E-state index contributed by atoms with van der Waals surface area (Å²) in [6.07, 6.45) is 1.69. The summed E-state index contributed by atoms with van der Waals surface area (Å²) in [5, 5.41) is 6.48. The first-order valence-electron chi connectivity index (χ1n) is 5.93. The van der Waals surface area contributed by atoms with Crippen LogP contribution in [0.5, 0.6) is 0 Å². The van der Waals surface area contributed by atoms with Gasteiger partial charge >= 0.3 is 0 Å². The molecule has 10 heteroatoms. The average molecular weight is 315 g/mol. The number of rotatable bonds is 3. The molecule has 0 spiro atoms. The average Bonchev–Trinajstić information content (AvgIpc) is 2.86. The first-order valence-corrected chi connectivity index (χ1v) is 6.31. The molecule has 2 aromatic heterocycles. The van der Waals surface area contributed by atoms with Gasteiger partial charge in [-0.05, 0) is 11.6 Å². The third-order valence-electron chi connectivity index (χ3n) is 2.83. The van der Waals surface area contributed by atoms with Crippen LogP contribution in [0.3, 0.4) is 0 Å². The number of carbonyl (C=O) groups is 1. The number of amides is 1. The van der Waals surface area contributed by atoms with Crippen molar-refractivity contribution in [3.8, 4) is 0 Å². The number of nitrogens with zero attached hydrogens (tertiary/aromatic N) is 5. The standard InChI is InChI=1S/C11H9ClF2N6O/c12-11-15-2-7-10(18-11)20(5-9(21)17-7)6-1-16-19(3-6)4-8(13)14/h1-3,8H,4-5H2,(H,17,21). The summed E-state index contributed by atoms with van der Waals surface area (Å²) in [6.45, 7) is -0.530. The Morgan fingerprint density at radius 2 is 2.24 bits per heavy atom. The number of hydrogen-bond acceptors (Lipinski definition) is 5. The third-order valence-corrected chi connectivity index (χ3v) is 3.01. The van der Waals surface area contributed by atoms with E-state index in [-0.39, 0.29) is 17.7 Å². The monoisotopic (exact) mass is 314 g/mol. The second kappa shape index (κ2) is 5.24. The maximum Gasteiger partial charge on any atom is 0.257 e. The predicted octanol–water partition coefficient (Wildman–Crippen LogP) is 1.68. The van der Waals surface area contributed by atoms with E-state index < -0.39 is 13.0 Å². The van der Waals surface area contributed by atoms with Gasteiger partial charge in [0.15, 0.2) is 5.82 Å². The number of alkyl halides is 2. The van der Waals surface area contributed by atoms with Crippen LogP contribution in [0, 0.1) is 0 Å². The Bertz CT molecular complexity index is 691. The molecule has 0 atom stereocenters. The van der Waals surface area contributed by atoms with Crippen molar-refractivity contribution in [2.45, 2.75) is 13.0 Å². The summed E-state index contributed by atoms with van der Waals surface area (Å²) in [5.74, 6) is 0.126. The highest BCUT2D eigenvalue weighted by Crippen LogP contribution is 2.33. The molecule has 0 aliphatic carbocycles. The number of fused-ring (bicyclic) bond motifs is 1. The summed E-state index contributed by atoms with van der Waals surface area (Å²) in [7, 11) is 0. The summed E-state index contributed by atoms with van der Waals surface area (Å²) in [5.41, 5.74) is 0.874. The molecule has 1 amide bonds. The Morgan fingerprint density at radius 1 is 1.43 bits per heavy atom. The maximum atomic E-state index is 12.3.